The second kappa shape index (κ2) is 2.34. The van der Waals surface area contributed by atoms with E-state index >= 15 is 0 Å². The Morgan fingerprint density at radius 2 is 1.55 bits per heavy atom. The molecule has 0 amide bonds. The monoisotopic (exact) mass is 151 g/mol. The van der Waals surface area contributed by atoms with Crippen molar-refractivity contribution >= 4 is 17.1 Å². The van der Waals surface area contributed by atoms with E-state index in [0.29, 0.717) is 17.1 Å². The van der Waals surface area contributed by atoms with E-state index < -0.39 is 0 Å². The number of nitrogens with two attached hydrogens (primary N) is 3. The molecule has 0 saturated carbocycles. The minimum atomic E-state index is 0.494. The van der Waals surface area contributed by atoms with Crippen LogP contribution >= 0.6 is 0 Å². The summed E-state index contributed by atoms with van der Waals surface area (Å²) in [6.45, 7) is 3.89. The lowest BCUT2D eigenvalue weighted by Gasteiger charge is -2.09. The van der Waals surface area contributed by atoms with Gasteiger partial charge in [-0.2, -0.15) is 0 Å². The quantitative estimate of drug-likeness (QED) is 0.485. The molecular formula is C8H13N3. The maximum Gasteiger partial charge on any atom is 0.0784 e. The van der Waals surface area contributed by atoms with Crippen molar-refractivity contribution in [1.82, 2.24) is 0 Å². The number of anilines is 3. The van der Waals surface area contributed by atoms with Crippen LogP contribution in [0.15, 0.2) is 6.07 Å². The molecule has 3 heteroatoms. The Kier molecular flexibility index (Phi) is 1.64. The molecule has 0 heterocycles. The predicted octanol–water partition coefficient (Wildman–Crippen LogP) is 1.05. The first-order valence-corrected chi connectivity index (χ1v) is 3.44. The smallest absolute Gasteiger partial charge is 0.0784 e. The van der Waals surface area contributed by atoms with Crippen LogP contribution in [0, 0.1) is 13.8 Å². The molecule has 0 aromatic heterocycles. The predicted molar refractivity (Wildman–Crippen MR) is 49.2 cm³/mol. The average molecular weight is 151 g/mol. The fourth-order valence-corrected chi connectivity index (χ4v) is 0.989. The summed E-state index contributed by atoms with van der Waals surface area (Å²) in [4.78, 5) is 0. The maximum absolute atomic E-state index is 5.68. The van der Waals surface area contributed by atoms with Gasteiger partial charge in [0.2, 0.25) is 0 Å². The third-order valence-corrected chi connectivity index (χ3v) is 1.97. The molecule has 1 rings (SSSR count). The zero-order valence-electron chi connectivity index (χ0n) is 6.81. The van der Waals surface area contributed by atoms with Gasteiger partial charge in [-0.15, -0.1) is 0 Å². The topological polar surface area (TPSA) is 78.1 Å². The molecule has 3 nitrogen and oxygen atoms in total. The summed E-state index contributed by atoms with van der Waals surface area (Å²) < 4.78 is 0. The zero-order chi connectivity index (χ0) is 8.59. The Morgan fingerprint density at radius 3 is 2.09 bits per heavy atom. The van der Waals surface area contributed by atoms with Gasteiger partial charge in [-0.3, -0.25) is 0 Å². The lowest BCUT2D eigenvalue weighted by Crippen LogP contribution is -2.03. The second-order valence-electron chi connectivity index (χ2n) is 2.74. The van der Waals surface area contributed by atoms with E-state index in [4.69, 9.17) is 17.2 Å². The van der Waals surface area contributed by atoms with Crippen LogP contribution in [0.1, 0.15) is 11.1 Å². The van der Waals surface area contributed by atoms with E-state index in [0.717, 1.165) is 11.1 Å². The Bertz CT molecular complexity index is 266. The fourth-order valence-electron chi connectivity index (χ4n) is 0.989. The molecule has 60 valence electrons. The summed E-state index contributed by atoms with van der Waals surface area (Å²) in [5.74, 6) is 0. The van der Waals surface area contributed by atoms with Crippen molar-refractivity contribution in [1.29, 1.82) is 0 Å². The van der Waals surface area contributed by atoms with Crippen molar-refractivity contribution in [2.75, 3.05) is 17.2 Å². The van der Waals surface area contributed by atoms with Crippen molar-refractivity contribution in [3.63, 3.8) is 0 Å². The van der Waals surface area contributed by atoms with E-state index in [1.54, 1.807) is 0 Å². The molecule has 11 heavy (non-hydrogen) atoms. The van der Waals surface area contributed by atoms with Crippen molar-refractivity contribution < 1.29 is 0 Å². The summed E-state index contributed by atoms with van der Waals surface area (Å²) in [6.07, 6.45) is 0. The number of rotatable bonds is 0. The highest BCUT2D eigenvalue weighted by Crippen LogP contribution is 2.28. The number of benzene rings is 1. The van der Waals surface area contributed by atoms with Gasteiger partial charge in [-0.25, -0.2) is 0 Å². The van der Waals surface area contributed by atoms with E-state index in [1.165, 1.54) is 0 Å². The van der Waals surface area contributed by atoms with Gasteiger partial charge in [0.1, 0.15) is 0 Å². The standard InChI is InChI=1S/C8H13N3/c1-4-3-6(9)8(11)7(10)5(4)2/h3H,9-11H2,1-2H3. The van der Waals surface area contributed by atoms with Gasteiger partial charge in [0.25, 0.3) is 0 Å². The van der Waals surface area contributed by atoms with Crippen LogP contribution in [0.2, 0.25) is 0 Å². The van der Waals surface area contributed by atoms with Gasteiger partial charge in [-0.05, 0) is 31.0 Å². The van der Waals surface area contributed by atoms with Gasteiger partial charge in [0.15, 0.2) is 0 Å². The molecule has 0 aliphatic rings. The van der Waals surface area contributed by atoms with Crippen molar-refractivity contribution in [2.45, 2.75) is 13.8 Å². The molecule has 6 N–H and O–H groups in total. The number of aryl methyl sites for hydroxylation is 1. The van der Waals surface area contributed by atoms with Crippen LogP contribution in [-0.4, -0.2) is 0 Å². The van der Waals surface area contributed by atoms with Crippen LogP contribution < -0.4 is 17.2 Å². The molecule has 0 fully saturated rings. The first-order valence-electron chi connectivity index (χ1n) is 3.44. The molecule has 0 bridgehead atoms. The van der Waals surface area contributed by atoms with E-state index in [1.807, 2.05) is 19.9 Å². The fraction of sp³-hybridized carbons (Fsp3) is 0.250. The first-order chi connectivity index (χ1) is 5.04. The third-order valence-electron chi connectivity index (χ3n) is 1.97. The Labute approximate surface area is 66.2 Å². The molecular weight excluding hydrogens is 138 g/mol. The Hall–Kier alpha value is -1.38. The number of nitrogen functional groups attached to an aromatic ring is 3. The van der Waals surface area contributed by atoms with Crippen LogP contribution in [0.4, 0.5) is 17.1 Å². The van der Waals surface area contributed by atoms with E-state index in [9.17, 15) is 0 Å². The summed E-state index contributed by atoms with van der Waals surface area (Å²) in [7, 11) is 0. The van der Waals surface area contributed by atoms with E-state index in [-0.39, 0.29) is 0 Å². The molecule has 0 atom stereocenters. The molecule has 0 radical (unpaired) electrons. The Morgan fingerprint density at radius 1 is 1.00 bits per heavy atom. The normalized spacial score (nSPS) is 10.0. The van der Waals surface area contributed by atoms with Gasteiger partial charge in [-0.1, -0.05) is 0 Å². The zero-order valence-corrected chi connectivity index (χ0v) is 6.81. The van der Waals surface area contributed by atoms with Crippen LogP contribution in [0.5, 0.6) is 0 Å². The lowest BCUT2D eigenvalue weighted by molar-refractivity contribution is 1.35. The molecule has 0 unspecified atom stereocenters. The number of hydrogen-bond acceptors (Lipinski definition) is 3. The van der Waals surface area contributed by atoms with Crippen molar-refractivity contribution in [3.8, 4) is 0 Å². The van der Waals surface area contributed by atoms with Gasteiger partial charge in [0.05, 0.1) is 17.1 Å². The highest BCUT2D eigenvalue weighted by molar-refractivity contribution is 5.80. The lowest BCUT2D eigenvalue weighted by atomic mass is 10.1. The van der Waals surface area contributed by atoms with Crippen molar-refractivity contribution in [2.24, 2.45) is 0 Å². The SMILES string of the molecule is Cc1cc(N)c(N)c(N)c1C. The molecule has 0 aliphatic carbocycles. The first kappa shape index (κ1) is 7.72. The molecule has 0 saturated heterocycles. The molecule has 1 aromatic carbocycles. The van der Waals surface area contributed by atoms with Crippen LogP contribution in [0.3, 0.4) is 0 Å². The summed E-state index contributed by atoms with van der Waals surface area (Å²) in [5, 5.41) is 0. The van der Waals surface area contributed by atoms with Crippen LogP contribution in [0.25, 0.3) is 0 Å². The summed E-state index contributed by atoms with van der Waals surface area (Å²) in [6, 6.07) is 1.83. The third kappa shape index (κ3) is 1.09. The Balaban J connectivity index is 3.46. The van der Waals surface area contributed by atoms with Crippen molar-refractivity contribution in [3.05, 3.63) is 17.2 Å². The van der Waals surface area contributed by atoms with Gasteiger partial charge >= 0.3 is 0 Å². The minimum absolute atomic E-state index is 0.494. The van der Waals surface area contributed by atoms with E-state index in [2.05, 4.69) is 0 Å². The average Bonchev–Trinajstić information content (AvgIpc) is 1.97. The number of hydrogen-bond donors (Lipinski definition) is 3. The van der Waals surface area contributed by atoms with Gasteiger partial charge in [0, 0.05) is 0 Å². The largest absolute Gasteiger partial charge is 0.397 e. The van der Waals surface area contributed by atoms with Crippen LogP contribution in [-0.2, 0) is 0 Å². The maximum atomic E-state index is 5.68. The molecule has 0 spiro atoms. The highest BCUT2D eigenvalue weighted by atomic mass is 14.7. The molecule has 0 aliphatic heterocycles. The van der Waals surface area contributed by atoms with Gasteiger partial charge < -0.3 is 17.2 Å². The molecule has 1 aromatic rings. The summed E-state index contributed by atoms with van der Waals surface area (Å²) in [5.41, 5.74) is 20.6. The highest BCUT2D eigenvalue weighted by Gasteiger charge is 2.04. The minimum Gasteiger partial charge on any atom is -0.397 e. The second-order valence-corrected chi connectivity index (χ2v) is 2.74. The summed E-state index contributed by atoms with van der Waals surface area (Å²) >= 11 is 0.